The monoisotopic (exact) mass is 361 g/mol. The topological polar surface area (TPSA) is 81.9 Å². The van der Waals surface area contributed by atoms with Crippen LogP contribution >= 0.6 is 11.8 Å². The highest BCUT2D eigenvalue weighted by Gasteiger charge is 2.19. The molecule has 1 N–H and O–H groups in total. The number of ether oxygens (including phenoxy) is 1. The van der Waals surface area contributed by atoms with Gasteiger partial charge in [-0.1, -0.05) is 13.8 Å². The molecule has 2 aromatic rings. The molecule has 2 aromatic heterocycles. The molecule has 3 heterocycles. The molecule has 1 saturated heterocycles. The average molecular weight is 361 g/mol. The van der Waals surface area contributed by atoms with E-state index in [0.717, 1.165) is 30.2 Å². The maximum atomic E-state index is 12.4. The van der Waals surface area contributed by atoms with Crippen LogP contribution in [0, 0.1) is 6.92 Å². The summed E-state index contributed by atoms with van der Waals surface area (Å²) in [6, 6.07) is 1.89. The minimum atomic E-state index is -0.134. The van der Waals surface area contributed by atoms with Gasteiger partial charge >= 0.3 is 0 Å². The molecule has 0 radical (unpaired) electrons. The van der Waals surface area contributed by atoms with Gasteiger partial charge in [0.2, 0.25) is 0 Å². The fourth-order valence-electron chi connectivity index (χ4n) is 2.72. The van der Waals surface area contributed by atoms with Crippen LogP contribution in [-0.2, 0) is 4.74 Å². The second-order valence-electron chi connectivity index (χ2n) is 6.28. The zero-order valence-electron chi connectivity index (χ0n) is 14.7. The largest absolute Gasteiger partial charge is 0.376 e. The smallest absolute Gasteiger partial charge is 0.254 e. The van der Waals surface area contributed by atoms with Gasteiger partial charge in [-0.25, -0.2) is 14.6 Å². The van der Waals surface area contributed by atoms with Gasteiger partial charge in [-0.05, 0) is 19.8 Å². The SMILES string of the molecule is Cc1c(C(=O)NCC2CCCO2)cnn1-c1cc(SC(C)C)ncn1. The molecule has 1 atom stereocenters. The number of thioether (sulfide) groups is 1. The van der Waals surface area contributed by atoms with Crippen molar-refractivity contribution in [1.82, 2.24) is 25.1 Å². The molecule has 0 aliphatic carbocycles. The van der Waals surface area contributed by atoms with E-state index < -0.39 is 0 Å². The van der Waals surface area contributed by atoms with Crippen LogP contribution in [0.1, 0.15) is 42.7 Å². The van der Waals surface area contributed by atoms with E-state index in [1.807, 2.05) is 13.0 Å². The Morgan fingerprint density at radius 2 is 2.32 bits per heavy atom. The van der Waals surface area contributed by atoms with Crippen molar-refractivity contribution < 1.29 is 9.53 Å². The van der Waals surface area contributed by atoms with Gasteiger partial charge in [-0.3, -0.25) is 4.79 Å². The van der Waals surface area contributed by atoms with E-state index in [4.69, 9.17) is 4.74 Å². The van der Waals surface area contributed by atoms with E-state index >= 15 is 0 Å². The quantitative estimate of drug-likeness (QED) is 0.628. The minimum Gasteiger partial charge on any atom is -0.376 e. The third kappa shape index (κ3) is 4.38. The third-order valence-corrected chi connectivity index (χ3v) is 4.91. The summed E-state index contributed by atoms with van der Waals surface area (Å²) in [7, 11) is 0. The Morgan fingerprint density at radius 3 is 3.04 bits per heavy atom. The third-order valence-electron chi connectivity index (χ3n) is 3.97. The Morgan fingerprint density at radius 1 is 1.48 bits per heavy atom. The zero-order chi connectivity index (χ0) is 17.8. The number of amides is 1. The lowest BCUT2D eigenvalue weighted by Crippen LogP contribution is -2.32. The average Bonchev–Trinajstić information content (AvgIpc) is 3.22. The lowest BCUT2D eigenvalue weighted by Gasteiger charge is -2.11. The fourth-order valence-corrected chi connectivity index (χ4v) is 3.49. The van der Waals surface area contributed by atoms with Gasteiger partial charge in [0.15, 0.2) is 5.82 Å². The molecule has 1 unspecified atom stereocenters. The summed E-state index contributed by atoms with van der Waals surface area (Å²) in [6.45, 7) is 7.41. The molecule has 1 aliphatic rings. The molecule has 7 nitrogen and oxygen atoms in total. The zero-order valence-corrected chi connectivity index (χ0v) is 15.5. The standard InChI is InChI=1S/C17H23N5O2S/c1-11(2)25-16-7-15(19-10-20-16)22-12(3)14(9-21-22)17(23)18-8-13-5-4-6-24-13/h7,9-11,13H,4-6,8H2,1-3H3,(H,18,23). The Hall–Kier alpha value is -1.93. The number of aromatic nitrogens is 4. The molecular weight excluding hydrogens is 338 g/mol. The first-order valence-corrected chi connectivity index (χ1v) is 9.36. The number of nitrogens with zero attached hydrogens (tertiary/aromatic N) is 4. The fraction of sp³-hybridized carbons (Fsp3) is 0.529. The van der Waals surface area contributed by atoms with Crippen molar-refractivity contribution in [3.8, 4) is 5.82 Å². The number of nitrogens with one attached hydrogen (secondary N) is 1. The first-order valence-electron chi connectivity index (χ1n) is 8.48. The van der Waals surface area contributed by atoms with Gasteiger partial charge in [0.05, 0.1) is 23.6 Å². The highest BCUT2D eigenvalue weighted by Crippen LogP contribution is 2.22. The summed E-state index contributed by atoms with van der Waals surface area (Å²) in [5, 5.41) is 8.58. The van der Waals surface area contributed by atoms with Gasteiger partial charge in [-0.15, -0.1) is 11.8 Å². The van der Waals surface area contributed by atoms with Gasteiger partial charge in [0.1, 0.15) is 11.4 Å². The minimum absolute atomic E-state index is 0.122. The van der Waals surface area contributed by atoms with Crippen LogP contribution in [0.3, 0.4) is 0 Å². The summed E-state index contributed by atoms with van der Waals surface area (Å²) >= 11 is 1.66. The molecule has 0 saturated carbocycles. The predicted octanol–water partition coefficient (Wildman–Crippen LogP) is 2.38. The van der Waals surface area contributed by atoms with Crippen molar-refractivity contribution in [2.45, 2.75) is 50.0 Å². The molecule has 0 bridgehead atoms. The molecule has 3 rings (SSSR count). The second-order valence-corrected chi connectivity index (χ2v) is 7.88. The van der Waals surface area contributed by atoms with E-state index in [9.17, 15) is 4.79 Å². The summed E-state index contributed by atoms with van der Waals surface area (Å²) in [4.78, 5) is 21.0. The van der Waals surface area contributed by atoms with Crippen LogP contribution in [0.5, 0.6) is 0 Å². The number of rotatable bonds is 6. The number of carbonyl (C=O) groups is 1. The van der Waals surface area contributed by atoms with Crippen molar-refractivity contribution in [2.75, 3.05) is 13.2 Å². The van der Waals surface area contributed by atoms with Crippen molar-refractivity contribution >= 4 is 17.7 Å². The van der Waals surface area contributed by atoms with Crippen LogP contribution in [0.2, 0.25) is 0 Å². The Bertz CT molecular complexity index is 740. The molecule has 8 heteroatoms. The van der Waals surface area contributed by atoms with E-state index in [0.29, 0.717) is 23.2 Å². The van der Waals surface area contributed by atoms with Crippen LogP contribution in [0.4, 0.5) is 0 Å². The van der Waals surface area contributed by atoms with Gasteiger partial charge in [0, 0.05) is 24.5 Å². The van der Waals surface area contributed by atoms with Crippen molar-refractivity contribution in [1.29, 1.82) is 0 Å². The normalized spacial score (nSPS) is 17.2. The molecule has 134 valence electrons. The first kappa shape index (κ1) is 17.9. The molecule has 0 spiro atoms. The van der Waals surface area contributed by atoms with Crippen LogP contribution < -0.4 is 5.32 Å². The van der Waals surface area contributed by atoms with Crippen LogP contribution in [0.25, 0.3) is 5.82 Å². The van der Waals surface area contributed by atoms with Gasteiger partial charge < -0.3 is 10.1 Å². The molecule has 0 aromatic carbocycles. The molecule has 1 aliphatic heterocycles. The first-order chi connectivity index (χ1) is 12.0. The second kappa shape index (κ2) is 7.97. The Balaban J connectivity index is 1.73. The van der Waals surface area contributed by atoms with E-state index in [1.165, 1.54) is 6.33 Å². The van der Waals surface area contributed by atoms with Crippen molar-refractivity contribution in [3.05, 3.63) is 29.8 Å². The summed E-state index contributed by atoms with van der Waals surface area (Å²) in [6.07, 6.45) is 5.28. The summed E-state index contributed by atoms with van der Waals surface area (Å²) < 4.78 is 7.21. The van der Waals surface area contributed by atoms with Gasteiger partial charge in [0.25, 0.3) is 5.91 Å². The highest BCUT2D eigenvalue weighted by atomic mass is 32.2. The predicted molar refractivity (Wildman–Crippen MR) is 96.2 cm³/mol. The van der Waals surface area contributed by atoms with Gasteiger partial charge in [-0.2, -0.15) is 5.10 Å². The Kier molecular flexibility index (Phi) is 5.70. The highest BCUT2D eigenvalue weighted by molar-refractivity contribution is 7.99. The number of hydrogen-bond donors (Lipinski definition) is 1. The maximum Gasteiger partial charge on any atom is 0.254 e. The van der Waals surface area contributed by atoms with Crippen molar-refractivity contribution in [2.24, 2.45) is 0 Å². The number of hydrogen-bond acceptors (Lipinski definition) is 6. The number of carbonyl (C=O) groups excluding carboxylic acids is 1. The van der Waals surface area contributed by atoms with Crippen LogP contribution in [0.15, 0.2) is 23.6 Å². The molecule has 25 heavy (non-hydrogen) atoms. The van der Waals surface area contributed by atoms with E-state index in [1.54, 1.807) is 22.6 Å². The molecular formula is C17H23N5O2S. The van der Waals surface area contributed by atoms with E-state index in [2.05, 4.69) is 34.2 Å². The van der Waals surface area contributed by atoms with Crippen LogP contribution in [-0.4, -0.2) is 50.2 Å². The lowest BCUT2D eigenvalue weighted by atomic mass is 10.2. The summed E-state index contributed by atoms with van der Waals surface area (Å²) in [5.41, 5.74) is 1.30. The molecule has 1 fully saturated rings. The van der Waals surface area contributed by atoms with E-state index in [-0.39, 0.29) is 12.0 Å². The van der Waals surface area contributed by atoms with Crippen molar-refractivity contribution in [3.63, 3.8) is 0 Å². The maximum absolute atomic E-state index is 12.4. The Labute approximate surface area is 151 Å². The molecule has 1 amide bonds. The summed E-state index contributed by atoms with van der Waals surface area (Å²) in [5.74, 6) is 0.527. The lowest BCUT2D eigenvalue weighted by molar-refractivity contribution is 0.0857.